The first-order valence-electron chi connectivity index (χ1n) is 5.46. The van der Waals surface area contributed by atoms with Crippen LogP contribution in [0.15, 0.2) is 40.9 Å². The maximum absolute atomic E-state index is 13.3. The Morgan fingerprint density at radius 1 is 1.26 bits per heavy atom. The number of halogens is 2. The molecular formula is C14H11BrFNO2. The quantitative estimate of drug-likeness (QED) is 0.695. The molecule has 2 aromatic carbocycles. The molecule has 98 valence electrons. The zero-order valence-electron chi connectivity index (χ0n) is 10.1. The zero-order chi connectivity index (χ0) is 14.0. The molecule has 0 spiro atoms. The number of hydrogen-bond acceptors (Lipinski definition) is 3. The second-order valence-corrected chi connectivity index (χ2v) is 4.76. The van der Waals surface area contributed by atoms with Gasteiger partial charge in [-0.15, -0.1) is 0 Å². The summed E-state index contributed by atoms with van der Waals surface area (Å²) in [5.74, 6) is -0.502. The molecule has 3 nitrogen and oxygen atoms in total. The Bertz CT molecular complexity index is 643. The molecule has 0 fully saturated rings. The van der Waals surface area contributed by atoms with Gasteiger partial charge in [0.05, 0.1) is 12.7 Å². The monoisotopic (exact) mass is 323 g/mol. The summed E-state index contributed by atoms with van der Waals surface area (Å²) in [6, 6.07) is 8.65. The first kappa shape index (κ1) is 13.5. The Kier molecular flexibility index (Phi) is 3.85. The third-order valence-electron chi connectivity index (χ3n) is 2.66. The molecule has 2 aromatic rings. The van der Waals surface area contributed by atoms with Crippen LogP contribution in [-0.4, -0.2) is 12.9 Å². The Labute approximate surface area is 118 Å². The fourth-order valence-electron chi connectivity index (χ4n) is 1.70. The van der Waals surface area contributed by atoms with Crippen molar-refractivity contribution >= 4 is 27.4 Å². The van der Waals surface area contributed by atoms with E-state index in [1.165, 1.54) is 25.3 Å². The van der Waals surface area contributed by atoms with Crippen LogP contribution in [0, 0.1) is 5.82 Å². The molecular weight excluding hydrogens is 313 g/mol. The summed E-state index contributed by atoms with van der Waals surface area (Å²) in [6.07, 6.45) is 0. The fourth-order valence-corrected chi connectivity index (χ4v) is 1.94. The molecule has 0 aliphatic rings. The average Bonchev–Trinajstić information content (AvgIpc) is 2.41. The number of ether oxygens (including phenoxy) is 1. The lowest BCUT2D eigenvalue weighted by Crippen LogP contribution is -2.05. The van der Waals surface area contributed by atoms with E-state index in [2.05, 4.69) is 15.9 Å². The van der Waals surface area contributed by atoms with Crippen LogP contribution in [0.3, 0.4) is 0 Å². The lowest BCUT2D eigenvalue weighted by Gasteiger charge is -2.08. The van der Waals surface area contributed by atoms with Crippen molar-refractivity contribution in [2.45, 2.75) is 0 Å². The Morgan fingerprint density at radius 3 is 2.63 bits per heavy atom. The van der Waals surface area contributed by atoms with Crippen LogP contribution in [0.5, 0.6) is 5.75 Å². The Balaban J connectivity index is 2.49. The molecule has 5 heteroatoms. The standard InChI is InChI=1S/C14H11BrFNO2/c1-19-13-5-3-9(16)7-10(13)14(18)8-2-4-11(15)12(17)6-8/h2-7H,17H2,1H3. The molecule has 0 saturated heterocycles. The second kappa shape index (κ2) is 5.40. The zero-order valence-corrected chi connectivity index (χ0v) is 11.7. The minimum Gasteiger partial charge on any atom is -0.496 e. The number of benzene rings is 2. The minimum absolute atomic E-state index is 0.171. The van der Waals surface area contributed by atoms with Crippen LogP contribution < -0.4 is 10.5 Å². The second-order valence-electron chi connectivity index (χ2n) is 3.91. The summed E-state index contributed by atoms with van der Waals surface area (Å²) >= 11 is 3.25. The van der Waals surface area contributed by atoms with Gasteiger partial charge < -0.3 is 10.5 Å². The molecule has 0 aromatic heterocycles. The fraction of sp³-hybridized carbons (Fsp3) is 0.0714. The van der Waals surface area contributed by atoms with Crippen molar-refractivity contribution in [1.29, 1.82) is 0 Å². The van der Waals surface area contributed by atoms with Crippen LogP contribution in [0.4, 0.5) is 10.1 Å². The molecule has 0 aliphatic carbocycles. The molecule has 0 bridgehead atoms. The number of ketones is 1. The number of nitrogen functional groups attached to an aromatic ring is 1. The highest BCUT2D eigenvalue weighted by atomic mass is 79.9. The highest BCUT2D eigenvalue weighted by Gasteiger charge is 2.16. The molecule has 2 rings (SSSR count). The van der Waals surface area contributed by atoms with Crippen molar-refractivity contribution in [1.82, 2.24) is 0 Å². The first-order valence-corrected chi connectivity index (χ1v) is 6.25. The summed E-state index contributed by atoms with van der Waals surface area (Å²) in [4.78, 5) is 12.3. The Hall–Kier alpha value is -1.88. The summed E-state index contributed by atoms with van der Waals surface area (Å²) < 4.78 is 19.0. The van der Waals surface area contributed by atoms with Gasteiger partial charge >= 0.3 is 0 Å². The van der Waals surface area contributed by atoms with Crippen molar-refractivity contribution in [2.24, 2.45) is 0 Å². The lowest BCUT2D eigenvalue weighted by molar-refractivity contribution is 0.103. The highest BCUT2D eigenvalue weighted by Crippen LogP contribution is 2.26. The number of anilines is 1. The van der Waals surface area contributed by atoms with Crippen LogP contribution in [0.25, 0.3) is 0 Å². The normalized spacial score (nSPS) is 10.3. The summed E-state index contributed by atoms with van der Waals surface area (Å²) in [7, 11) is 1.43. The van der Waals surface area contributed by atoms with E-state index in [4.69, 9.17) is 10.5 Å². The van der Waals surface area contributed by atoms with Gasteiger partial charge in [-0.05, 0) is 52.3 Å². The summed E-state index contributed by atoms with van der Waals surface area (Å²) in [5, 5.41) is 0. The summed E-state index contributed by atoms with van der Waals surface area (Å²) in [6.45, 7) is 0. The molecule has 0 saturated carbocycles. The average molecular weight is 324 g/mol. The van der Waals surface area contributed by atoms with E-state index >= 15 is 0 Å². The number of methoxy groups -OCH3 is 1. The number of rotatable bonds is 3. The molecule has 0 atom stereocenters. The van der Waals surface area contributed by atoms with E-state index in [0.29, 0.717) is 21.5 Å². The maximum Gasteiger partial charge on any atom is 0.196 e. The van der Waals surface area contributed by atoms with Gasteiger partial charge in [-0.25, -0.2) is 4.39 Å². The lowest BCUT2D eigenvalue weighted by atomic mass is 10.0. The van der Waals surface area contributed by atoms with E-state index in [0.717, 1.165) is 6.07 Å². The molecule has 0 radical (unpaired) electrons. The molecule has 2 N–H and O–H groups in total. The molecule has 0 heterocycles. The Morgan fingerprint density at radius 2 is 2.00 bits per heavy atom. The van der Waals surface area contributed by atoms with Gasteiger partial charge in [-0.2, -0.15) is 0 Å². The molecule has 19 heavy (non-hydrogen) atoms. The van der Waals surface area contributed by atoms with Crippen LogP contribution in [-0.2, 0) is 0 Å². The summed E-state index contributed by atoms with van der Waals surface area (Å²) in [5.41, 5.74) is 6.73. The van der Waals surface area contributed by atoms with Gasteiger partial charge in [-0.1, -0.05) is 0 Å². The third-order valence-corrected chi connectivity index (χ3v) is 3.39. The van der Waals surface area contributed by atoms with E-state index < -0.39 is 5.82 Å². The van der Waals surface area contributed by atoms with E-state index in [1.54, 1.807) is 12.1 Å². The SMILES string of the molecule is COc1ccc(F)cc1C(=O)c1ccc(Br)c(N)c1. The predicted molar refractivity (Wildman–Crippen MR) is 74.9 cm³/mol. The largest absolute Gasteiger partial charge is 0.496 e. The van der Waals surface area contributed by atoms with E-state index in [1.807, 2.05) is 0 Å². The van der Waals surface area contributed by atoms with E-state index in [-0.39, 0.29) is 11.3 Å². The van der Waals surface area contributed by atoms with Crippen LogP contribution in [0.1, 0.15) is 15.9 Å². The van der Waals surface area contributed by atoms with Gasteiger partial charge in [0.15, 0.2) is 5.78 Å². The number of carbonyl (C=O) groups is 1. The van der Waals surface area contributed by atoms with Crippen molar-refractivity contribution in [3.8, 4) is 5.75 Å². The molecule has 0 amide bonds. The van der Waals surface area contributed by atoms with Crippen molar-refractivity contribution in [2.75, 3.05) is 12.8 Å². The van der Waals surface area contributed by atoms with Gasteiger partial charge in [0.2, 0.25) is 0 Å². The third kappa shape index (κ3) is 2.76. The van der Waals surface area contributed by atoms with Crippen molar-refractivity contribution < 1.29 is 13.9 Å². The number of nitrogens with two attached hydrogens (primary N) is 1. The van der Waals surface area contributed by atoms with Gasteiger partial charge in [0.25, 0.3) is 0 Å². The van der Waals surface area contributed by atoms with Crippen molar-refractivity contribution in [3.05, 3.63) is 57.8 Å². The predicted octanol–water partition coefficient (Wildman–Crippen LogP) is 3.41. The number of carbonyl (C=O) groups excluding carboxylic acids is 1. The van der Waals surface area contributed by atoms with Gasteiger partial charge in [0, 0.05) is 15.7 Å². The van der Waals surface area contributed by atoms with Gasteiger partial charge in [-0.3, -0.25) is 4.79 Å². The number of hydrogen-bond donors (Lipinski definition) is 1. The minimum atomic E-state index is -0.491. The molecule has 0 unspecified atom stereocenters. The van der Waals surface area contributed by atoms with Crippen LogP contribution >= 0.6 is 15.9 Å². The first-order chi connectivity index (χ1) is 9.02. The topological polar surface area (TPSA) is 52.3 Å². The van der Waals surface area contributed by atoms with Crippen LogP contribution in [0.2, 0.25) is 0 Å². The maximum atomic E-state index is 13.3. The smallest absolute Gasteiger partial charge is 0.196 e. The van der Waals surface area contributed by atoms with Gasteiger partial charge in [0.1, 0.15) is 11.6 Å². The van der Waals surface area contributed by atoms with E-state index in [9.17, 15) is 9.18 Å². The van der Waals surface area contributed by atoms with Crippen molar-refractivity contribution in [3.63, 3.8) is 0 Å². The molecule has 0 aliphatic heterocycles. The highest BCUT2D eigenvalue weighted by molar-refractivity contribution is 9.10.